The number of carbonyl (C=O) groups excluding carboxylic acids is 1. The van der Waals surface area contributed by atoms with Crippen LogP contribution >= 0.6 is 0 Å². The van der Waals surface area contributed by atoms with Gasteiger partial charge in [-0.2, -0.15) is 0 Å². The van der Waals surface area contributed by atoms with Crippen molar-refractivity contribution in [2.75, 3.05) is 0 Å². The van der Waals surface area contributed by atoms with E-state index in [4.69, 9.17) is 4.74 Å². The van der Waals surface area contributed by atoms with Gasteiger partial charge >= 0.3 is 11.8 Å². The zero-order chi connectivity index (χ0) is 22.2. The van der Waals surface area contributed by atoms with E-state index < -0.39 is 6.09 Å². The van der Waals surface area contributed by atoms with E-state index in [0.29, 0.717) is 17.6 Å². The number of rotatable bonds is 4. The minimum absolute atomic E-state index is 0.0925. The monoisotopic (exact) mass is 420 g/mol. The zero-order valence-corrected chi connectivity index (χ0v) is 18.4. The summed E-state index contributed by atoms with van der Waals surface area (Å²) in [5.41, 5.74) is 5.00. The number of alkyl carbamates (subject to hydrolysis) is 1. The molecule has 0 radical (unpaired) electrons. The van der Waals surface area contributed by atoms with Crippen LogP contribution in [0.3, 0.4) is 0 Å². The predicted molar refractivity (Wildman–Crippen MR) is 121 cm³/mol. The lowest BCUT2D eigenvalue weighted by Gasteiger charge is -2.38. The molecule has 2 aromatic heterocycles. The second-order valence-corrected chi connectivity index (χ2v) is 8.95. The van der Waals surface area contributed by atoms with Crippen LogP contribution in [0.1, 0.15) is 43.5 Å². The number of fused-ring (bicyclic) bond motifs is 1. The minimum Gasteiger partial charge on any atom is -0.445 e. The van der Waals surface area contributed by atoms with Crippen LogP contribution in [0.4, 0.5) is 4.79 Å². The second kappa shape index (κ2) is 8.06. The molecule has 0 aliphatic heterocycles. The summed E-state index contributed by atoms with van der Waals surface area (Å²) in [6, 6.07) is 11.6. The molecular formula is C24H28N4O3. The van der Waals surface area contributed by atoms with Crippen LogP contribution in [0, 0.1) is 12.3 Å². The Kier molecular flexibility index (Phi) is 5.43. The molecule has 3 aromatic rings. The van der Waals surface area contributed by atoms with E-state index in [-0.39, 0.29) is 23.8 Å². The highest BCUT2D eigenvalue weighted by molar-refractivity contribution is 5.76. The maximum absolute atomic E-state index is 12.5. The van der Waals surface area contributed by atoms with Crippen LogP contribution in [0.15, 0.2) is 47.3 Å². The van der Waals surface area contributed by atoms with Gasteiger partial charge in [-0.3, -0.25) is 4.57 Å². The Morgan fingerprint density at radius 3 is 2.90 bits per heavy atom. The number of hydrogen-bond donors (Lipinski definition) is 2. The first-order valence-corrected chi connectivity index (χ1v) is 10.5. The maximum Gasteiger partial charge on any atom is 0.407 e. The van der Waals surface area contributed by atoms with Crippen LogP contribution in [-0.2, 0) is 18.4 Å². The van der Waals surface area contributed by atoms with Gasteiger partial charge in [0, 0.05) is 13.1 Å². The molecule has 7 heteroatoms. The van der Waals surface area contributed by atoms with Gasteiger partial charge in [-0.05, 0) is 48.4 Å². The van der Waals surface area contributed by atoms with Crippen molar-refractivity contribution < 1.29 is 9.53 Å². The normalized spacial score (nSPS) is 17.9. The minimum atomic E-state index is -0.419. The third-order valence-corrected chi connectivity index (χ3v) is 6.05. The summed E-state index contributed by atoms with van der Waals surface area (Å²) < 4.78 is 6.97. The molecule has 0 saturated heterocycles. The molecule has 2 N–H and O–H groups in total. The molecule has 2 heterocycles. The lowest BCUT2D eigenvalue weighted by molar-refractivity contribution is 0.123. The third-order valence-electron chi connectivity index (χ3n) is 6.05. The molecule has 0 saturated carbocycles. The molecular weight excluding hydrogens is 392 g/mol. The number of benzene rings is 1. The molecule has 1 unspecified atom stereocenters. The number of nitrogens with zero attached hydrogens (tertiary/aromatic N) is 2. The molecule has 1 amide bonds. The maximum atomic E-state index is 12.5. The largest absolute Gasteiger partial charge is 0.445 e. The van der Waals surface area contributed by atoms with Crippen molar-refractivity contribution in [2.24, 2.45) is 12.5 Å². The SMILES string of the molecule is Cc1cccc(COC(=O)NC2CC(c3ccc4[nH]c(=O)n(C)c4n3)=CCC2(C)C)c1. The van der Waals surface area contributed by atoms with Gasteiger partial charge in [-0.1, -0.05) is 49.8 Å². The summed E-state index contributed by atoms with van der Waals surface area (Å²) in [4.78, 5) is 31.8. The van der Waals surface area contributed by atoms with Crippen molar-refractivity contribution in [1.29, 1.82) is 0 Å². The van der Waals surface area contributed by atoms with Crippen molar-refractivity contribution in [1.82, 2.24) is 19.9 Å². The van der Waals surface area contributed by atoms with Crippen LogP contribution < -0.4 is 11.0 Å². The van der Waals surface area contributed by atoms with Crippen LogP contribution in [0.25, 0.3) is 16.7 Å². The standard InChI is InChI=1S/C24H28N4O3/c1-15-6-5-7-16(12-15)14-31-23(30)27-20-13-17(10-11-24(20,2)3)18-8-9-19-21(25-18)28(4)22(29)26-19/h5-10,12,20H,11,13-14H2,1-4H3,(H,26,29)(H,27,30). The van der Waals surface area contributed by atoms with Crippen molar-refractivity contribution >= 4 is 22.8 Å². The molecule has 0 bridgehead atoms. The number of nitrogens with one attached hydrogen (secondary N) is 2. The van der Waals surface area contributed by atoms with Crippen molar-refractivity contribution in [3.8, 4) is 0 Å². The molecule has 7 nitrogen and oxygen atoms in total. The van der Waals surface area contributed by atoms with Gasteiger partial charge in [0.1, 0.15) is 6.61 Å². The van der Waals surface area contributed by atoms with E-state index in [1.54, 1.807) is 7.05 Å². The number of hydrogen-bond acceptors (Lipinski definition) is 4. The molecule has 31 heavy (non-hydrogen) atoms. The molecule has 162 valence electrons. The summed E-state index contributed by atoms with van der Waals surface area (Å²) in [6.07, 6.45) is 3.20. The average Bonchev–Trinajstić information content (AvgIpc) is 3.01. The molecule has 1 aliphatic rings. The Bertz CT molecular complexity index is 1220. The van der Waals surface area contributed by atoms with Crippen molar-refractivity contribution in [3.63, 3.8) is 0 Å². The Morgan fingerprint density at radius 1 is 1.32 bits per heavy atom. The smallest absolute Gasteiger partial charge is 0.407 e. The van der Waals surface area contributed by atoms with E-state index in [1.807, 2.05) is 43.3 Å². The number of pyridine rings is 1. The molecule has 1 aliphatic carbocycles. The average molecular weight is 421 g/mol. The van der Waals surface area contributed by atoms with Crippen LogP contribution in [0.5, 0.6) is 0 Å². The number of aromatic nitrogens is 3. The quantitative estimate of drug-likeness (QED) is 0.666. The molecule has 0 spiro atoms. The number of aryl methyl sites for hydroxylation is 2. The fourth-order valence-electron chi connectivity index (χ4n) is 3.97. The first kappa shape index (κ1) is 20.9. The number of ether oxygens (including phenoxy) is 1. The van der Waals surface area contributed by atoms with Crippen molar-refractivity contribution in [3.05, 3.63) is 69.8 Å². The summed E-state index contributed by atoms with van der Waals surface area (Å²) in [5, 5.41) is 3.06. The lowest BCUT2D eigenvalue weighted by Crippen LogP contribution is -2.46. The van der Waals surface area contributed by atoms with Gasteiger partial charge in [0.25, 0.3) is 0 Å². The Balaban J connectivity index is 1.47. The number of carbonyl (C=O) groups is 1. The van der Waals surface area contributed by atoms with Gasteiger partial charge in [0.2, 0.25) is 0 Å². The molecule has 1 aromatic carbocycles. The van der Waals surface area contributed by atoms with E-state index >= 15 is 0 Å². The zero-order valence-electron chi connectivity index (χ0n) is 18.4. The van der Waals surface area contributed by atoms with Crippen LogP contribution in [-0.4, -0.2) is 26.7 Å². The highest BCUT2D eigenvalue weighted by atomic mass is 16.5. The molecule has 1 atom stereocenters. The fourth-order valence-corrected chi connectivity index (χ4v) is 3.97. The van der Waals surface area contributed by atoms with Gasteiger partial charge in [0.05, 0.1) is 11.2 Å². The number of aromatic amines is 1. The predicted octanol–water partition coefficient (Wildman–Crippen LogP) is 4.07. The Labute approximate surface area is 181 Å². The second-order valence-electron chi connectivity index (χ2n) is 8.95. The Morgan fingerprint density at radius 2 is 2.13 bits per heavy atom. The molecule has 4 rings (SSSR count). The summed E-state index contributed by atoms with van der Waals surface area (Å²) in [5.74, 6) is 0. The first-order valence-electron chi connectivity index (χ1n) is 10.5. The fraction of sp³-hybridized carbons (Fsp3) is 0.375. The van der Waals surface area contributed by atoms with E-state index in [1.165, 1.54) is 4.57 Å². The summed E-state index contributed by atoms with van der Waals surface area (Å²) in [6.45, 7) is 6.53. The van der Waals surface area contributed by atoms with E-state index in [0.717, 1.165) is 28.8 Å². The number of imidazole rings is 1. The summed E-state index contributed by atoms with van der Waals surface area (Å²) in [7, 11) is 1.70. The summed E-state index contributed by atoms with van der Waals surface area (Å²) >= 11 is 0. The third kappa shape index (κ3) is 4.40. The number of H-pyrrole nitrogens is 1. The van der Waals surface area contributed by atoms with Gasteiger partial charge < -0.3 is 15.0 Å². The Hall–Kier alpha value is -3.35. The van der Waals surface area contributed by atoms with E-state index in [9.17, 15) is 9.59 Å². The van der Waals surface area contributed by atoms with Crippen molar-refractivity contribution in [2.45, 2.75) is 46.3 Å². The number of amides is 1. The van der Waals surface area contributed by atoms with Gasteiger partial charge in [0.15, 0.2) is 5.65 Å². The highest BCUT2D eigenvalue weighted by Gasteiger charge is 2.35. The first-order chi connectivity index (χ1) is 14.7. The van der Waals surface area contributed by atoms with E-state index in [2.05, 4.69) is 35.2 Å². The van der Waals surface area contributed by atoms with Gasteiger partial charge in [-0.15, -0.1) is 0 Å². The molecule has 0 fully saturated rings. The topological polar surface area (TPSA) is 89.0 Å². The lowest BCUT2D eigenvalue weighted by atomic mass is 9.73. The van der Waals surface area contributed by atoms with Crippen LogP contribution in [0.2, 0.25) is 0 Å². The highest BCUT2D eigenvalue weighted by Crippen LogP contribution is 2.38. The number of allylic oxidation sites excluding steroid dienone is 1. The van der Waals surface area contributed by atoms with Gasteiger partial charge in [-0.25, -0.2) is 14.6 Å².